The lowest BCUT2D eigenvalue weighted by Crippen LogP contribution is -1.93. The van der Waals surface area contributed by atoms with Crippen LogP contribution in [0.2, 0.25) is 0 Å². The molecule has 0 bridgehead atoms. The van der Waals surface area contributed by atoms with Gasteiger partial charge in [-0.3, -0.25) is 0 Å². The lowest BCUT2D eigenvalue weighted by Gasteiger charge is -1.98. The Morgan fingerprint density at radius 2 is 2.56 bits per heavy atom. The molecule has 2 rings (SSSR count). The maximum Gasteiger partial charge on any atom is 0.194 e. The van der Waals surface area contributed by atoms with Gasteiger partial charge in [-0.2, -0.15) is 5.11 Å². The molecule has 1 aliphatic heterocycles. The van der Waals surface area contributed by atoms with Gasteiger partial charge in [-0.25, -0.2) is 4.98 Å². The smallest absolute Gasteiger partial charge is 0.194 e. The minimum Gasteiger partial charge on any atom is -0.346 e. The van der Waals surface area contributed by atoms with Crippen molar-refractivity contribution in [2.45, 2.75) is 6.42 Å². The highest BCUT2D eigenvalue weighted by Gasteiger charge is 2.06. The van der Waals surface area contributed by atoms with Gasteiger partial charge in [0.15, 0.2) is 5.82 Å². The maximum absolute atomic E-state index is 3.94. The van der Waals surface area contributed by atoms with Gasteiger partial charge in [-0.1, -0.05) is 0 Å². The third-order valence-corrected chi connectivity index (χ3v) is 1.32. The number of hydrogen-bond acceptors (Lipinski definition) is 3. The molecule has 0 fully saturated rings. The first-order valence-electron chi connectivity index (χ1n) is 2.86. The van der Waals surface area contributed by atoms with Crippen LogP contribution in [0.15, 0.2) is 16.6 Å². The van der Waals surface area contributed by atoms with Gasteiger partial charge >= 0.3 is 0 Å². The van der Waals surface area contributed by atoms with E-state index >= 15 is 0 Å². The first-order chi connectivity index (χ1) is 4.47. The van der Waals surface area contributed by atoms with Crippen LogP contribution in [0.3, 0.4) is 0 Å². The summed E-state index contributed by atoms with van der Waals surface area (Å²) in [7, 11) is 0. The van der Waals surface area contributed by atoms with E-state index in [2.05, 4.69) is 20.2 Å². The van der Waals surface area contributed by atoms with Crippen molar-refractivity contribution >= 4 is 5.82 Å². The number of fused-ring (bicyclic) bond motifs is 1. The Morgan fingerprint density at radius 1 is 1.56 bits per heavy atom. The molecule has 9 heavy (non-hydrogen) atoms. The molecule has 0 amide bonds. The topological polar surface area (TPSA) is 53.4 Å². The van der Waals surface area contributed by atoms with Gasteiger partial charge in [0.2, 0.25) is 0 Å². The van der Waals surface area contributed by atoms with Crippen LogP contribution in [-0.4, -0.2) is 16.5 Å². The van der Waals surface area contributed by atoms with Crippen LogP contribution in [0.5, 0.6) is 0 Å². The molecule has 0 radical (unpaired) electrons. The summed E-state index contributed by atoms with van der Waals surface area (Å²) in [6.45, 7) is 0.787. The van der Waals surface area contributed by atoms with E-state index in [0.717, 1.165) is 24.5 Å². The van der Waals surface area contributed by atoms with Crippen molar-refractivity contribution in [2.24, 2.45) is 10.2 Å². The van der Waals surface area contributed by atoms with Crippen molar-refractivity contribution in [1.29, 1.82) is 0 Å². The molecule has 0 unspecified atom stereocenters. The molecule has 1 aromatic rings. The quantitative estimate of drug-likeness (QED) is 0.549. The summed E-state index contributed by atoms with van der Waals surface area (Å²) in [5.41, 5.74) is 1.10. The highest BCUT2D eigenvalue weighted by Crippen LogP contribution is 2.17. The number of hydrogen-bond donors (Lipinski definition) is 1. The molecular weight excluding hydrogens is 116 g/mol. The zero-order valence-corrected chi connectivity index (χ0v) is 4.83. The second kappa shape index (κ2) is 1.65. The maximum atomic E-state index is 3.94. The third-order valence-electron chi connectivity index (χ3n) is 1.32. The van der Waals surface area contributed by atoms with Gasteiger partial charge in [0.05, 0.1) is 18.6 Å². The largest absolute Gasteiger partial charge is 0.346 e. The molecule has 0 saturated heterocycles. The van der Waals surface area contributed by atoms with Crippen LogP contribution in [0.25, 0.3) is 0 Å². The summed E-state index contributed by atoms with van der Waals surface area (Å²) in [5, 5.41) is 7.67. The minimum atomic E-state index is 0.751. The van der Waals surface area contributed by atoms with Crippen molar-refractivity contribution in [2.75, 3.05) is 6.54 Å². The molecule has 1 aromatic heterocycles. The fourth-order valence-corrected chi connectivity index (χ4v) is 0.863. The fraction of sp³-hybridized carbons (Fsp3) is 0.400. The van der Waals surface area contributed by atoms with Crippen LogP contribution in [0.1, 0.15) is 5.69 Å². The van der Waals surface area contributed by atoms with E-state index in [1.54, 1.807) is 6.33 Å². The van der Waals surface area contributed by atoms with Gasteiger partial charge in [-0.05, 0) is 0 Å². The fourth-order valence-electron chi connectivity index (χ4n) is 0.863. The monoisotopic (exact) mass is 122 g/mol. The minimum absolute atomic E-state index is 0.751. The average Bonchev–Trinajstić information content (AvgIpc) is 2.33. The Kier molecular flexibility index (Phi) is 0.855. The Bertz CT molecular complexity index is 237. The second-order valence-electron chi connectivity index (χ2n) is 1.92. The van der Waals surface area contributed by atoms with Gasteiger partial charge in [0.1, 0.15) is 0 Å². The van der Waals surface area contributed by atoms with E-state index in [1.165, 1.54) is 0 Å². The molecule has 0 saturated carbocycles. The lowest BCUT2D eigenvalue weighted by molar-refractivity contribution is 0.839. The van der Waals surface area contributed by atoms with Crippen LogP contribution in [0.4, 0.5) is 5.82 Å². The number of azo groups is 1. The van der Waals surface area contributed by atoms with Crippen molar-refractivity contribution in [3.8, 4) is 0 Å². The van der Waals surface area contributed by atoms with Gasteiger partial charge < -0.3 is 4.98 Å². The van der Waals surface area contributed by atoms with E-state index in [9.17, 15) is 0 Å². The second-order valence-corrected chi connectivity index (χ2v) is 1.92. The summed E-state index contributed by atoms with van der Waals surface area (Å²) < 4.78 is 0. The SMILES string of the molecule is c1nc2c([nH]1)CCN=N2. The molecule has 0 aromatic carbocycles. The van der Waals surface area contributed by atoms with Gasteiger partial charge in [0, 0.05) is 6.42 Å². The van der Waals surface area contributed by atoms with Crippen molar-refractivity contribution in [3.63, 3.8) is 0 Å². The summed E-state index contributed by atoms with van der Waals surface area (Å²) in [5.74, 6) is 0.751. The number of imidazole rings is 1. The van der Waals surface area contributed by atoms with E-state index < -0.39 is 0 Å². The molecule has 4 nitrogen and oxygen atoms in total. The summed E-state index contributed by atoms with van der Waals surface area (Å²) >= 11 is 0. The normalized spacial score (nSPS) is 15.6. The molecule has 46 valence electrons. The summed E-state index contributed by atoms with van der Waals surface area (Å²) in [4.78, 5) is 6.93. The number of rotatable bonds is 0. The third kappa shape index (κ3) is 0.630. The highest BCUT2D eigenvalue weighted by atomic mass is 15.2. The Balaban J connectivity index is 2.53. The summed E-state index contributed by atoms with van der Waals surface area (Å²) in [6, 6.07) is 0. The number of nitrogens with one attached hydrogen (secondary N) is 1. The van der Waals surface area contributed by atoms with Gasteiger partial charge in [-0.15, -0.1) is 5.11 Å². The first-order valence-corrected chi connectivity index (χ1v) is 2.86. The number of H-pyrrole nitrogens is 1. The molecule has 4 heteroatoms. The van der Waals surface area contributed by atoms with Crippen molar-refractivity contribution in [1.82, 2.24) is 9.97 Å². The Hall–Kier alpha value is -1.19. The van der Waals surface area contributed by atoms with Crippen molar-refractivity contribution in [3.05, 3.63) is 12.0 Å². The molecule has 0 aliphatic carbocycles. The molecule has 1 aliphatic rings. The highest BCUT2D eigenvalue weighted by molar-refractivity contribution is 5.33. The van der Waals surface area contributed by atoms with Crippen LogP contribution in [0, 0.1) is 0 Å². The predicted octanol–water partition coefficient (Wildman–Crippen LogP) is 1.05. The molecule has 0 spiro atoms. The van der Waals surface area contributed by atoms with Crippen LogP contribution in [-0.2, 0) is 6.42 Å². The molecular formula is C5H6N4. The zero-order chi connectivity index (χ0) is 6.10. The van der Waals surface area contributed by atoms with E-state index in [4.69, 9.17) is 0 Å². The number of aromatic amines is 1. The van der Waals surface area contributed by atoms with Crippen LogP contribution < -0.4 is 0 Å². The standard InChI is InChI=1S/C5H6N4/c1-2-8-9-5-4(1)6-3-7-5/h3H,1-2H2,(H,6,7). The lowest BCUT2D eigenvalue weighted by atomic mass is 10.3. The summed E-state index contributed by atoms with van der Waals surface area (Å²) in [6.07, 6.45) is 2.59. The van der Waals surface area contributed by atoms with Crippen molar-refractivity contribution < 1.29 is 0 Å². The number of aromatic nitrogens is 2. The molecule has 2 heterocycles. The van der Waals surface area contributed by atoms with Gasteiger partial charge in [0.25, 0.3) is 0 Å². The van der Waals surface area contributed by atoms with E-state index in [1.807, 2.05) is 0 Å². The first kappa shape index (κ1) is 4.67. The van der Waals surface area contributed by atoms with E-state index in [0.29, 0.717) is 0 Å². The van der Waals surface area contributed by atoms with E-state index in [-0.39, 0.29) is 0 Å². The molecule has 1 N–H and O–H groups in total. The number of nitrogens with zero attached hydrogens (tertiary/aromatic N) is 3. The Morgan fingerprint density at radius 3 is 3.44 bits per heavy atom. The van der Waals surface area contributed by atoms with Crippen LogP contribution >= 0.6 is 0 Å². The average molecular weight is 122 g/mol. The molecule has 0 atom stereocenters. The predicted molar refractivity (Wildman–Crippen MR) is 31.7 cm³/mol. The Labute approximate surface area is 52.0 Å². The zero-order valence-electron chi connectivity index (χ0n) is 4.83.